The summed E-state index contributed by atoms with van der Waals surface area (Å²) in [6.45, 7) is 0.108. The first-order valence-electron chi connectivity index (χ1n) is 3.94. The zero-order chi connectivity index (χ0) is 9.84. The molecule has 4 heteroatoms. The van der Waals surface area contributed by atoms with Crippen LogP contribution in [-0.2, 0) is 0 Å². The van der Waals surface area contributed by atoms with Gasteiger partial charge in [-0.25, -0.2) is 13.2 Å². The van der Waals surface area contributed by atoms with Crippen molar-refractivity contribution in [2.24, 2.45) is 5.73 Å². The summed E-state index contributed by atoms with van der Waals surface area (Å²) in [4.78, 5) is 0. The van der Waals surface area contributed by atoms with Gasteiger partial charge in [0.1, 0.15) is 17.8 Å². The van der Waals surface area contributed by atoms with Crippen molar-refractivity contribution in [3.63, 3.8) is 0 Å². The highest BCUT2D eigenvalue weighted by Gasteiger charge is 2.14. The number of halogens is 3. The van der Waals surface area contributed by atoms with Crippen molar-refractivity contribution in [1.82, 2.24) is 0 Å². The molecule has 0 amide bonds. The van der Waals surface area contributed by atoms with Gasteiger partial charge in [-0.05, 0) is 31.2 Å². The molecule has 1 atom stereocenters. The summed E-state index contributed by atoms with van der Waals surface area (Å²) in [5.41, 5.74) is 4.84. The molecular weight excluding hydrogens is 179 g/mol. The average Bonchev–Trinajstić information content (AvgIpc) is 2.09. The van der Waals surface area contributed by atoms with Crippen LogP contribution in [-0.4, -0.2) is 6.54 Å². The molecule has 1 unspecified atom stereocenters. The Bertz CT molecular complexity index is 288. The average molecular weight is 189 g/mol. The van der Waals surface area contributed by atoms with Crippen LogP contribution >= 0.6 is 0 Å². The van der Waals surface area contributed by atoms with E-state index in [0.717, 1.165) is 18.2 Å². The Balaban J connectivity index is 2.91. The van der Waals surface area contributed by atoms with Gasteiger partial charge >= 0.3 is 0 Å². The molecule has 0 bridgehead atoms. The van der Waals surface area contributed by atoms with Crippen LogP contribution in [0.1, 0.15) is 18.2 Å². The Labute approximate surface area is 74.4 Å². The highest BCUT2D eigenvalue weighted by Crippen LogP contribution is 2.23. The van der Waals surface area contributed by atoms with Crippen molar-refractivity contribution in [1.29, 1.82) is 0 Å². The molecule has 0 saturated heterocycles. The Morgan fingerprint density at radius 3 is 2.62 bits per heavy atom. The fourth-order valence-electron chi connectivity index (χ4n) is 1.06. The van der Waals surface area contributed by atoms with E-state index in [9.17, 15) is 13.2 Å². The molecule has 72 valence electrons. The Hall–Kier alpha value is -1.03. The summed E-state index contributed by atoms with van der Waals surface area (Å²) in [5, 5.41) is 0. The lowest BCUT2D eigenvalue weighted by Crippen LogP contribution is -2.05. The van der Waals surface area contributed by atoms with Crippen LogP contribution in [0.2, 0.25) is 0 Å². The minimum atomic E-state index is -1.53. The predicted octanol–water partition coefficient (Wildman–Crippen LogP) is 2.32. The highest BCUT2D eigenvalue weighted by atomic mass is 19.1. The zero-order valence-electron chi connectivity index (χ0n) is 6.93. The largest absolute Gasteiger partial charge is 0.330 e. The van der Waals surface area contributed by atoms with Crippen molar-refractivity contribution in [3.05, 3.63) is 35.4 Å². The third-order valence-corrected chi connectivity index (χ3v) is 1.72. The predicted molar refractivity (Wildman–Crippen MR) is 43.9 cm³/mol. The van der Waals surface area contributed by atoms with E-state index in [1.54, 1.807) is 0 Å². The lowest BCUT2D eigenvalue weighted by Gasteiger charge is -2.07. The van der Waals surface area contributed by atoms with Crippen LogP contribution < -0.4 is 5.73 Å². The van der Waals surface area contributed by atoms with Crippen LogP contribution in [0.3, 0.4) is 0 Å². The second-order valence-electron chi connectivity index (χ2n) is 2.71. The molecule has 0 aliphatic heterocycles. The van der Waals surface area contributed by atoms with Gasteiger partial charge in [-0.1, -0.05) is 0 Å². The number of alkyl halides is 1. The van der Waals surface area contributed by atoms with Crippen molar-refractivity contribution in [2.45, 2.75) is 12.6 Å². The molecule has 1 rings (SSSR count). The molecule has 0 fully saturated rings. The van der Waals surface area contributed by atoms with Crippen molar-refractivity contribution in [2.75, 3.05) is 6.54 Å². The monoisotopic (exact) mass is 189 g/mol. The molecule has 0 heterocycles. The third kappa shape index (κ3) is 2.45. The van der Waals surface area contributed by atoms with E-state index in [4.69, 9.17) is 5.73 Å². The lowest BCUT2D eigenvalue weighted by atomic mass is 10.1. The van der Waals surface area contributed by atoms with Crippen molar-refractivity contribution in [3.8, 4) is 0 Å². The maximum atomic E-state index is 13.1. The second-order valence-corrected chi connectivity index (χ2v) is 2.71. The van der Waals surface area contributed by atoms with Gasteiger partial charge < -0.3 is 5.73 Å². The molecular formula is C9H10F3N. The maximum absolute atomic E-state index is 13.1. The van der Waals surface area contributed by atoms with Gasteiger partial charge in [0, 0.05) is 5.56 Å². The molecule has 0 aliphatic rings. The Kier molecular flexibility index (Phi) is 3.31. The molecule has 1 aromatic rings. The van der Waals surface area contributed by atoms with Crippen LogP contribution in [0.5, 0.6) is 0 Å². The minimum absolute atomic E-state index is 0.000370. The summed E-state index contributed by atoms with van der Waals surface area (Å²) in [6.07, 6.45) is -1.53. The maximum Gasteiger partial charge on any atom is 0.129 e. The lowest BCUT2D eigenvalue weighted by molar-refractivity contribution is 0.316. The molecule has 0 aromatic heterocycles. The SMILES string of the molecule is NCCC(F)c1cc(F)ccc1F. The zero-order valence-corrected chi connectivity index (χ0v) is 6.93. The molecule has 1 aromatic carbocycles. The smallest absolute Gasteiger partial charge is 0.129 e. The summed E-state index contributed by atoms with van der Waals surface area (Å²) in [6, 6.07) is 2.72. The fraction of sp³-hybridized carbons (Fsp3) is 0.333. The second kappa shape index (κ2) is 4.28. The Morgan fingerprint density at radius 2 is 2.00 bits per heavy atom. The summed E-state index contributed by atoms with van der Waals surface area (Å²) in [7, 11) is 0. The number of hydrogen-bond acceptors (Lipinski definition) is 1. The number of benzene rings is 1. The van der Waals surface area contributed by atoms with Crippen LogP contribution in [0.25, 0.3) is 0 Å². The number of nitrogens with two attached hydrogens (primary N) is 1. The van der Waals surface area contributed by atoms with E-state index in [-0.39, 0.29) is 18.5 Å². The standard InChI is InChI=1S/C9H10F3N/c10-6-1-2-8(11)7(5-6)9(12)3-4-13/h1-2,5,9H,3-4,13H2. The number of rotatable bonds is 3. The van der Waals surface area contributed by atoms with E-state index < -0.39 is 17.8 Å². The van der Waals surface area contributed by atoms with Gasteiger partial charge in [-0.2, -0.15) is 0 Å². The van der Waals surface area contributed by atoms with Crippen molar-refractivity contribution >= 4 is 0 Å². The van der Waals surface area contributed by atoms with Gasteiger partial charge in [0.15, 0.2) is 0 Å². The van der Waals surface area contributed by atoms with E-state index in [2.05, 4.69) is 0 Å². The van der Waals surface area contributed by atoms with Crippen LogP contribution in [0.4, 0.5) is 13.2 Å². The first kappa shape index (κ1) is 10.1. The summed E-state index contributed by atoms with van der Waals surface area (Å²) in [5.74, 6) is -1.38. The van der Waals surface area contributed by atoms with Gasteiger partial charge in [0.05, 0.1) is 0 Å². The van der Waals surface area contributed by atoms with E-state index in [0.29, 0.717) is 0 Å². The van der Waals surface area contributed by atoms with E-state index in [1.807, 2.05) is 0 Å². The first-order chi connectivity index (χ1) is 6.15. The Morgan fingerprint density at radius 1 is 1.31 bits per heavy atom. The summed E-state index contributed by atoms with van der Waals surface area (Å²) < 4.78 is 38.6. The van der Waals surface area contributed by atoms with Gasteiger partial charge in [-0.15, -0.1) is 0 Å². The molecule has 0 saturated carbocycles. The van der Waals surface area contributed by atoms with Crippen LogP contribution in [0.15, 0.2) is 18.2 Å². The number of hydrogen-bond donors (Lipinski definition) is 1. The molecule has 0 aliphatic carbocycles. The molecule has 13 heavy (non-hydrogen) atoms. The van der Waals surface area contributed by atoms with Crippen molar-refractivity contribution < 1.29 is 13.2 Å². The van der Waals surface area contributed by atoms with Gasteiger partial charge in [0.2, 0.25) is 0 Å². The molecule has 2 N–H and O–H groups in total. The molecule has 0 radical (unpaired) electrons. The summed E-state index contributed by atoms with van der Waals surface area (Å²) >= 11 is 0. The minimum Gasteiger partial charge on any atom is -0.330 e. The van der Waals surface area contributed by atoms with E-state index in [1.165, 1.54) is 0 Å². The molecule has 0 spiro atoms. The first-order valence-corrected chi connectivity index (χ1v) is 3.94. The van der Waals surface area contributed by atoms with Crippen LogP contribution in [0, 0.1) is 11.6 Å². The third-order valence-electron chi connectivity index (χ3n) is 1.72. The quantitative estimate of drug-likeness (QED) is 0.775. The fourth-order valence-corrected chi connectivity index (χ4v) is 1.06. The highest BCUT2D eigenvalue weighted by molar-refractivity contribution is 5.21. The van der Waals surface area contributed by atoms with Gasteiger partial charge in [-0.3, -0.25) is 0 Å². The topological polar surface area (TPSA) is 26.0 Å². The van der Waals surface area contributed by atoms with E-state index >= 15 is 0 Å². The normalized spacial score (nSPS) is 12.9. The van der Waals surface area contributed by atoms with Gasteiger partial charge in [0.25, 0.3) is 0 Å². The molecule has 1 nitrogen and oxygen atoms in total.